The van der Waals surface area contributed by atoms with Crippen LogP contribution in [0, 0.1) is 0 Å². The van der Waals surface area contributed by atoms with Crippen LogP contribution in [0.5, 0.6) is 11.5 Å². The second kappa shape index (κ2) is 7.34. The van der Waals surface area contributed by atoms with Crippen molar-refractivity contribution in [2.24, 2.45) is 0 Å². The molecular weight excluding hydrogens is 456 g/mol. The molecule has 3 aromatic rings. The van der Waals surface area contributed by atoms with Gasteiger partial charge in [0, 0.05) is 10.0 Å². The summed E-state index contributed by atoms with van der Waals surface area (Å²) < 4.78 is 26.0. The molecule has 0 saturated heterocycles. The lowest BCUT2D eigenvalue weighted by Crippen LogP contribution is -2.08. The van der Waals surface area contributed by atoms with Gasteiger partial charge < -0.3 is 15.3 Å². The Kier molecular flexibility index (Phi) is 5.27. The average molecular weight is 469 g/mol. The summed E-state index contributed by atoms with van der Waals surface area (Å²) >= 11 is 4.56. The zero-order valence-corrected chi connectivity index (χ0v) is 16.8. The number of carboxylic acids is 1. The van der Waals surface area contributed by atoms with Crippen molar-refractivity contribution in [1.29, 1.82) is 0 Å². The Labute approximate surface area is 167 Å². The number of aromatic hydroxyl groups is 2. The van der Waals surface area contributed by atoms with E-state index in [4.69, 9.17) is 0 Å². The van der Waals surface area contributed by atoms with E-state index in [1.54, 1.807) is 16.8 Å². The fraction of sp³-hybridized carbons (Fsp3) is 0.0556. The number of halogens is 1. The molecule has 9 heteroatoms. The summed E-state index contributed by atoms with van der Waals surface area (Å²) in [5, 5.41) is 33.2. The molecule has 6 nitrogen and oxygen atoms in total. The van der Waals surface area contributed by atoms with Crippen molar-refractivity contribution in [2.75, 3.05) is 0 Å². The van der Waals surface area contributed by atoms with Gasteiger partial charge in [-0.2, -0.15) is 11.3 Å². The van der Waals surface area contributed by atoms with Gasteiger partial charge in [0.15, 0.2) is 9.84 Å². The van der Waals surface area contributed by atoms with Crippen LogP contribution < -0.4 is 0 Å². The van der Waals surface area contributed by atoms with Crippen LogP contribution in [0.25, 0.3) is 11.1 Å². The molecule has 0 radical (unpaired) electrons. The van der Waals surface area contributed by atoms with Gasteiger partial charge in [-0.1, -0.05) is 15.9 Å². The van der Waals surface area contributed by atoms with Crippen molar-refractivity contribution >= 4 is 43.1 Å². The first kappa shape index (κ1) is 19.4. The predicted octanol–water partition coefficient (Wildman–Crippen LogP) is 4.26. The molecule has 27 heavy (non-hydrogen) atoms. The first-order chi connectivity index (χ1) is 12.7. The van der Waals surface area contributed by atoms with E-state index in [1.807, 2.05) is 0 Å². The molecule has 0 amide bonds. The summed E-state index contributed by atoms with van der Waals surface area (Å²) in [5.41, 5.74) is 0.749. The number of benzene rings is 2. The molecule has 0 aliphatic heterocycles. The van der Waals surface area contributed by atoms with Crippen LogP contribution in [0.3, 0.4) is 0 Å². The number of thiophene rings is 1. The van der Waals surface area contributed by atoms with E-state index < -0.39 is 33.1 Å². The zero-order chi connectivity index (χ0) is 19.8. The van der Waals surface area contributed by atoms with Gasteiger partial charge in [0.05, 0.1) is 5.75 Å². The van der Waals surface area contributed by atoms with Crippen LogP contribution in [0.2, 0.25) is 0 Å². The summed E-state index contributed by atoms with van der Waals surface area (Å²) in [6.45, 7) is 0. The van der Waals surface area contributed by atoms with E-state index in [0.717, 1.165) is 0 Å². The quantitative estimate of drug-likeness (QED) is 0.515. The van der Waals surface area contributed by atoms with E-state index in [0.29, 0.717) is 15.6 Å². The van der Waals surface area contributed by atoms with Gasteiger partial charge in [0.1, 0.15) is 22.0 Å². The number of rotatable bonds is 5. The first-order valence-electron chi connectivity index (χ1n) is 7.52. The van der Waals surface area contributed by atoms with Crippen molar-refractivity contribution in [1.82, 2.24) is 0 Å². The van der Waals surface area contributed by atoms with E-state index in [-0.39, 0.29) is 16.0 Å². The van der Waals surface area contributed by atoms with E-state index >= 15 is 0 Å². The Morgan fingerprint density at radius 3 is 2.44 bits per heavy atom. The number of hydrogen-bond donors (Lipinski definition) is 3. The van der Waals surface area contributed by atoms with Crippen molar-refractivity contribution in [3.8, 4) is 22.6 Å². The van der Waals surface area contributed by atoms with E-state index in [2.05, 4.69) is 15.9 Å². The Balaban J connectivity index is 2.13. The molecule has 3 N–H and O–H groups in total. The average Bonchev–Trinajstić information content (AvgIpc) is 3.13. The third-order valence-corrected chi connectivity index (χ3v) is 6.74. The maximum Gasteiger partial charge on any atom is 0.339 e. The standard InChI is InChI=1S/C18H13BrO6S2/c19-13-1-2-15(20)16(7-13)27(24,25)9-12-5-11(10-3-4-26-8-10)6-14(17(12)21)18(22)23/h1-8,20-21H,9H2,(H,22,23). The van der Waals surface area contributed by atoms with Gasteiger partial charge in [-0.3, -0.25) is 0 Å². The van der Waals surface area contributed by atoms with Gasteiger partial charge in [0.2, 0.25) is 0 Å². The molecule has 3 rings (SSSR count). The molecule has 0 saturated carbocycles. The number of aromatic carboxylic acids is 1. The maximum absolute atomic E-state index is 12.8. The lowest BCUT2D eigenvalue weighted by Gasteiger charge is -2.12. The molecule has 140 valence electrons. The van der Waals surface area contributed by atoms with Crippen LogP contribution in [0.1, 0.15) is 15.9 Å². The third-order valence-electron chi connectivity index (χ3n) is 3.88. The highest BCUT2D eigenvalue weighted by Crippen LogP contribution is 2.35. The highest BCUT2D eigenvalue weighted by molar-refractivity contribution is 9.10. The minimum atomic E-state index is -4.05. The molecule has 2 aromatic carbocycles. The van der Waals surface area contributed by atoms with Gasteiger partial charge in [-0.05, 0) is 58.3 Å². The summed E-state index contributed by atoms with van der Waals surface area (Å²) in [7, 11) is -4.05. The normalized spacial score (nSPS) is 11.4. The third kappa shape index (κ3) is 4.00. The van der Waals surface area contributed by atoms with Crippen LogP contribution in [-0.4, -0.2) is 29.7 Å². The van der Waals surface area contributed by atoms with Crippen molar-refractivity contribution in [3.63, 3.8) is 0 Å². The molecular formula is C18H13BrO6S2. The highest BCUT2D eigenvalue weighted by Gasteiger charge is 2.24. The summed E-state index contributed by atoms with van der Waals surface area (Å²) in [4.78, 5) is 11.2. The number of sulfone groups is 1. The second-order valence-electron chi connectivity index (χ2n) is 5.72. The minimum absolute atomic E-state index is 0.0597. The zero-order valence-electron chi connectivity index (χ0n) is 13.6. The number of phenolic OH excluding ortho intramolecular Hbond substituents is 1. The maximum atomic E-state index is 12.8. The van der Waals surface area contributed by atoms with Crippen LogP contribution in [0.4, 0.5) is 0 Å². The molecule has 0 fully saturated rings. The van der Waals surface area contributed by atoms with Crippen LogP contribution in [-0.2, 0) is 15.6 Å². The molecule has 0 unspecified atom stereocenters. The largest absolute Gasteiger partial charge is 0.507 e. The Bertz CT molecular complexity index is 1120. The SMILES string of the molecule is O=C(O)c1cc(-c2ccsc2)cc(CS(=O)(=O)c2cc(Br)ccc2O)c1O. The van der Waals surface area contributed by atoms with Gasteiger partial charge >= 0.3 is 5.97 Å². The lowest BCUT2D eigenvalue weighted by atomic mass is 10.0. The summed E-state index contributed by atoms with van der Waals surface area (Å²) in [6, 6.07) is 8.49. The lowest BCUT2D eigenvalue weighted by molar-refractivity contribution is 0.0693. The monoisotopic (exact) mass is 468 g/mol. The number of phenols is 2. The molecule has 0 atom stereocenters. The topological polar surface area (TPSA) is 112 Å². The smallest absolute Gasteiger partial charge is 0.339 e. The van der Waals surface area contributed by atoms with E-state index in [9.17, 15) is 28.5 Å². The van der Waals surface area contributed by atoms with Crippen LogP contribution in [0.15, 0.2) is 56.5 Å². The van der Waals surface area contributed by atoms with Crippen LogP contribution >= 0.6 is 27.3 Å². The van der Waals surface area contributed by atoms with Crippen molar-refractivity contribution in [2.45, 2.75) is 10.6 Å². The van der Waals surface area contributed by atoms with Gasteiger partial charge in [-0.15, -0.1) is 0 Å². The number of hydrogen-bond acceptors (Lipinski definition) is 6. The van der Waals surface area contributed by atoms with Crippen molar-refractivity contribution < 1.29 is 28.5 Å². The molecule has 0 aliphatic rings. The summed E-state index contributed by atoms with van der Waals surface area (Å²) in [5.74, 6) is -3.07. The molecule has 0 aliphatic carbocycles. The van der Waals surface area contributed by atoms with E-state index in [1.165, 1.54) is 41.7 Å². The molecule has 1 aromatic heterocycles. The van der Waals surface area contributed by atoms with Gasteiger partial charge in [0.25, 0.3) is 0 Å². The molecule has 0 spiro atoms. The minimum Gasteiger partial charge on any atom is -0.507 e. The fourth-order valence-corrected chi connectivity index (χ4v) is 5.24. The Morgan fingerprint density at radius 1 is 1.07 bits per heavy atom. The van der Waals surface area contributed by atoms with Gasteiger partial charge in [-0.25, -0.2) is 13.2 Å². The summed E-state index contributed by atoms with van der Waals surface area (Å²) in [6.07, 6.45) is 0. The Morgan fingerprint density at radius 2 is 1.81 bits per heavy atom. The molecule has 0 bridgehead atoms. The Hall–Kier alpha value is -2.36. The fourth-order valence-electron chi connectivity index (χ4n) is 2.58. The molecule has 1 heterocycles. The highest BCUT2D eigenvalue weighted by atomic mass is 79.9. The number of carboxylic acid groups (broad SMARTS) is 1. The van der Waals surface area contributed by atoms with Crippen molar-refractivity contribution in [3.05, 3.63) is 62.8 Å². The predicted molar refractivity (Wildman–Crippen MR) is 105 cm³/mol. The first-order valence-corrected chi connectivity index (χ1v) is 10.9. The number of carbonyl (C=O) groups is 1. The second-order valence-corrected chi connectivity index (χ2v) is 9.37.